The molecule has 0 aromatic carbocycles. The van der Waals surface area contributed by atoms with E-state index in [0.717, 1.165) is 12.8 Å². The number of barbiturate groups is 1. The van der Waals surface area contributed by atoms with E-state index < -0.39 is 23.3 Å². The molecule has 0 unspecified atom stereocenters. The molecular weight excluding hydrogens is 243 g/mol. The number of allylic oxidation sites excluding steroid dienone is 1. The van der Waals surface area contributed by atoms with E-state index in [4.69, 9.17) is 0 Å². The number of rotatable bonds is 5. The van der Waals surface area contributed by atoms with E-state index in [9.17, 15) is 14.4 Å². The van der Waals surface area contributed by atoms with Gasteiger partial charge in [0.1, 0.15) is 5.41 Å². The summed E-state index contributed by atoms with van der Waals surface area (Å²) in [6.07, 6.45) is 3.39. The molecule has 1 radical (unpaired) electrons. The molecule has 0 aliphatic carbocycles. The van der Waals surface area contributed by atoms with Crippen LogP contribution in [0.15, 0.2) is 12.7 Å². The number of carbonyl (C=O) groups excluding carboxylic acids is 3. The third kappa shape index (κ3) is 3.02. The first-order valence-electron chi connectivity index (χ1n) is 5.76. The minimum atomic E-state index is -1.20. The van der Waals surface area contributed by atoms with Gasteiger partial charge in [-0.15, -0.1) is 6.58 Å². The number of hydrogen-bond donors (Lipinski definition) is 2. The van der Waals surface area contributed by atoms with E-state index in [1.54, 1.807) is 6.08 Å². The molecule has 1 atom stereocenters. The van der Waals surface area contributed by atoms with Gasteiger partial charge >= 0.3 is 6.03 Å². The predicted molar refractivity (Wildman–Crippen MR) is 68.8 cm³/mol. The van der Waals surface area contributed by atoms with Crippen LogP contribution in [0.3, 0.4) is 0 Å². The molecule has 0 saturated carbocycles. The minimum Gasteiger partial charge on any atom is -0.277 e. The summed E-state index contributed by atoms with van der Waals surface area (Å²) >= 11 is 0. The summed E-state index contributed by atoms with van der Waals surface area (Å²) in [6.45, 7) is 7.42. The van der Waals surface area contributed by atoms with Crippen LogP contribution in [-0.2, 0) is 9.59 Å². The average Bonchev–Trinajstić information content (AvgIpc) is 2.23. The van der Waals surface area contributed by atoms with Gasteiger partial charge in [-0.3, -0.25) is 20.2 Å². The Morgan fingerprint density at radius 2 is 1.78 bits per heavy atom. The quantitative estimate of drug-likeness (QED) is 0.440. The molecule has 6 heteroatoms. The fourth-order valence-corrected chi connectivity index (χ4v) is 2.30. The summed E-state index contributed by atoms with van der Waals surface area (Å²) in [5.74, 6) is -1.18. The van der Waals surface area contributed by atoms with Crippen molar-refractivity contribution in [2.75, 3.05) is 0 Å². The van der Waals surface area contributed by atoms with Gasteiger partial charge in [-0.1, -0.05) is 26.3 Å². The van der Waals surface area contributed by atoms with E-state index in [-0.39, 0.29) is 41.9 Å². The van der Waals surface area contributed by atoms with Crippen LogP contribution in [0.25, 0.3) is 0 Å². The van der Waals surface area contributed by atoms with Crippen LogP contribution >= 0.6 is 0 Å². The van der Waals surface area contributed by atoms with Crippen molar-refractivity contribution in [2.45, 2.75) is 33.1 Å². The van der Waals surface area contributed by atoms with Crippen molar-refractivity contribution in [1.82, 2.24) is 10.6 Å². The monoisotopic (exact) mass is 261 g/mol. The van der Waals surface area contributed by atoms with Crippen molar-refractivity contribution in [2.24, 2.45) is 11.3 Å². The van der Waals surface area contributed by atoms with Crippen molar-refractivity contribution in [3.63, 3.8) is 0 Å². The van der Waals surface area contributed by atoms with Gasteiger partial charge in [0.2, 0.25) is 11.8 Å². The van der Waals surface area contributed by atoms with Crippen LogP contribution in [0.2, 0.25) is 0 Å². The van der Waals surface area contributed by atoms with E-state index in [2.05, 4.69) is 17.2 Å². The molecule has 0 aromatic heterocycles. The minimum absolute atomic E-state index is 0. The first-order chi connectivity index (χ1) is 7.98. The van der Waals surface area contributed by atoms with Crippen LogP contribution in [0.4, 0.5) is 4.79 Å². The van der Waals surface area contributed by atoms with Gasteiger partial charge in [-0.2, -0.15) is 0 Å². The van der Waals surface area contributed by atoms with Crippen molar-refractivity contribution in [3.8, 4) is 0 Å². The first kappa shape index (κ1) is 17.4. The molecule has 1 rings (SSSR count). The van der Waals surface area contributed by atoms with Gasteiger partial charge in [-0.05, 0) is 18.8 Å². The third-order valence-corrected chi connectivity index (χ3v) is 3.29. The van der Waals surface area contributed by atoms with Crippen molar-refractivity contribution >= 4 is 47.4 Å². The van der Waals surface area contributed by atoms with Crippen LogP contribution < -0.4 is 10.6 Å². The van der Waals surface area contributed by atoms with Gasteiger partial charge in [0.25, 0.3) is 0 Å². The molecule has 1 fully saturated rings. The van der Waals surface area contributed by atoms with Crippen LogP contribution in [0.1, 0.15) is 33.1 Å². The van der Waals surface area contributed by atoms with E-state index in [0.29, 0.717) is 0 Å². The first-order valence-corrected chi connectivity index (χ1v) is 5.76. The summed E-state index contributed by atoms with van der Waals surface area (Å²) in [4.78, 5) is 35.1. The number of amides is 4. The summed E-state index contributed by atoms with van der Waals surface area (Å²) in [5, 5.41) is 4.33. The molecule has 2 N–H and O–H groups in total. The molecule has 1 aliphatic heterocycles. The van der Waals surface area contributed by atoms with E-state index in [1.807, 2.05) is 13.8 Å². The summed E-state index contributed by atoms with van der Waals surface area (Å²) < 4.78 is 0. The summed E-state index contributed by atoms with van der Waals surface area (Å²) in [7, 11) is 0. The molecule has 95 valence electrons. The second-order valence-electron chi connectivity index (χ2n) is 4.39. The maximum absolute atomic E-state index is 12.0. The predicted octanol–water partition coefficient (Wildman–Crippen LogP) is 0.970. The molecule has 1 saturated heterocycles. The Morgan fingerprint density at radius 3 is 2.17 bits per heavy atom. The fraction of sp³-hybridized carbons (Fsp3) is 0.583. The number of carbonyl (C=O) groups is 3. The Labute approximate surface area is 129 Å². The van der Waals surface area contributed by atoms with Gasteiger partial charge in [0.15, 0.2) is 0 Å². The zero-order valence-corrected chi connectivity index (χ0v) is 13.2. The Hall–Kier alpha value is -0.650. The maximum atomic E-state index is 12.0. The SMILES string of the molecule is C=CCC1([C@@H](C)CCC)C(=O)NC(=O)NC1=O.[Na]. The zero-order chi connectivity index (χ0) is 13.1. The van der Waals surface area contributed by atoms with Crippen LogP contribution in [-0.4, -0.2) is 47.4 Å². The van der Waals surface area contributed by atoms with Gasteiger partial charge in [0, 0.05) is 29.6 Å². The van der Waals surface area contributed by atoms with E-state index in [1.165, 1.54) is 0 Å². The standard InChI is InChI=1S/C12H18N2O3.Na/c1-4-6-8(3)12(7-5-2)9(15)13-11(17)14-10(12)16;/h5,8H,2,4,6-7H2,1,3H3,(H2,13,14,15,16,17);/t8-;/m0./s1. The fourth-order valence-electron chi connectivity index (χ4n) is 2.30. The largest absolute Gasteiger partial charge is 0.328 e. The van der Waals surface area contributed by atoms with Crippen molar-refractivity contribution < 1.29 is 14.4 Å². The van der Waals surface area contributed by atoms with Crippen molar-refractivity contribution in [3.05, 3.63) is 12.7 Å². The molecule has 1 heterocycles. The zero-order valence-electron chi connectivity index (χ0n) is 11.2. The smallest absolute Gasteiger partial charge is 0.277 e. The van der Waals surface area contributed by atoms with Crippen LogP contribution in [0, 0.1) is 11.3 Å². The van der Waals surface area contributed by atoms with Gasteiger partial charge in [0.05, 0.1) is 0 Å². The molecule has 0 bridgehead atoms. The summed E-state index contributed by atoms with van der Waals surface area (Å²) in [6, 6.07) is -0.747. The topological polar surface area (TPSA) is 75.3 Å². The summed E-state index contributed by atoms with van der Waals surface area (Å²) in [5.41, 5.74) is -1.20. The number of hydrogen-bond acceptors (Lipinski definition) is 3. The number of nitrogens with one attached hydrogen (secondary N) is 2. The normalized spacial score (nSPS) is 19.3. The molecule has 5 nitrogen and oxygen atoms in total. The molecule has 4 amide bonds. The maximum Gasteiger partial charge on any atom is 0.328 e. The molecule has 18 heavy (non-hydrogen) atoms. The second-order valence-corrected chi connectivity index (χ2v) is 4.39. The van der Waals surface area contributed by atoms with Crippen molar-refractivity contribution in [1.29, 1.82) is 0 Å². The number of urea groups is 1. The number of imide groups is 2. The molecule has 0 spiro atoms. The van der Waals surface area contributed by atoms with Gasteiger partial charge in [-0.25, -0.2) is 4.79 Å². The Kier molecular flexibility index (Phi) is 6.81. The van der Waals surface area contributed by atoms with E-state index >= 15 is 0 Å². The average molecular weight is 261 g/mol. The third-order valence-electron chi connectivity index (χ3n) is 3.29. The second kappa shape index (κ2) is 7.07. The molecule has 1 aliphatic rings. The molecule has 0 aromatic rings. The van der Waals surface area contributed by atoms with Crippen LogP contribution in [0.5, 0.6) is 0 Å². The Balaban J connectivity index is 0.00000289. The molecular formula is C12H18N2NaO3. The Bertz CT molecular complexity index is 348. The van der Waals surface area contributed by atoms with Gasteiger partial charge < -0.3 is 0 Å². The Morgan fingerprint density at radius 1 is 1.28 bits per heavy atom.